The Balaban J connectivity index is 1.48. The molecule has 2 N–H and O–H groups in total. The van der Waals surface area contributed by atoms with Gasteiger partial charge >= 0.3 is 12.3 Å². The molecule has 0 aliphatic carbocycles. The van der Waals surface area contributed by atoms with Crippen LogP contribution in [-0.2, 0) is 22.2 Å². The van der Waals surface area contributed by atoms with Gasteiger partial charge in [-0.15, -0.1) is 11.3 Å². The highest BCUT2D eigenvalue weighted by Crippen LogP contribution is 2.35. The van der Waals surface area contributed by atoms with Crippen LogP contribution in [0.15, 0.2) is 48.7 Å². The Morgan fingerprint density at radius 3 is 2.50 bits per heavy atom. The van der Waals surface area contributed by atoms with Gasteiger partial charge < -0.3 is 20.1 Å². The number of alkyl halides is 3. The predicted octanol–water partition coefficient (Wildman–Crippen LogP) is 6.85. The molecule has 0 radical (unpaired) electrons. The lowest BCUT2D eigenvalue weighted by Gasteiger charge is -2.20. The average molecular weight is 576 g/mol. The molecular formula is C29H32F3N3O4S. The van der Waals surface area contributed by atoms with Gasteiger partial charge in [-0.05, 0) is 68.5 Å². The van der Waals surface area contributed by atoms with E-state index in [-0.39, 0.29) is 24.4 Å². The number of hydrogen-bond donors (Lipinski definition) is 2. The highest BCUT2D eigenvalue weighted by atomic mass is 32.1. The first-order valence-electron chi connectivity index (χ1n) is 12.9. The molecule has 0 unspecified atom stereocenters. The number of halogens is 3. The summed E-state index contributed by atoms with van der Waals surface area (Å²) in [5.41, 5.74) is 0.666. The van der Waals surface area contributed by atoms with Crippen molar-refractivity contribution in [3.05, 3.63) is 75.2 Å². The van der Waals surface area contributed by atoms with E-state index in [4.69, 9.17) is 9.47 Å². The smallest absolute Gasteiger partial charge is 0.416 e. The summed E-state index contributed by atoms with van der Waals surface area (Å²) >= 11 is 1.36. The normalized spacial score (nSPS) is 16.4. The molecule has 1 aliphatic rings. The van der Waals surface area contributed by atoms with Crippen molar-refractivity contribution < 1.29 is 32.2 Å². The molecule has 2 heterocycles. The number of aromatic nitrogens is 1. The van der Waals surface area contributed by atoms with Gasteiger partial charge in [-0.25, -0.2) is 9.78 Å². The lowest BCUT2D eigenvalue weighted by atomic mass is 9.95. The summed E-state index contributed by atoms with van der Waals surface area (Å²) in [4.78, 5) is 29.8. The predicted molar refractivity (Wildman–Crippen MR) is 146 cm³/mol. The Morgan fingerprint density at radius 1 is 1.15 bits per heavy atom. The lowest BCUT2D eigenvalue weighted by molar-refractivity contribution is -0.137. The molecule has 40 heavy (non-hydrogen) atoms. The molecule has 214 valence electrons. The molecule has 1 aromatic heterocycles. The maximum absolute atomic E-state index is 13.5. The molecule has 0 saturated carbocycles. The first kappa shape index (κ1) is 29.5. The van der Waals surface area contributed by atoms with E-state index in [1.54, 1.807) is 51.2 Å². The Kier molecular flexibility index (Phi) is 8.84. The van der Waals surface area contributed by atoms with E-state index >= 15 is 0 Å². The van der Waals surface area contributed by atoms with Crippen LogP contribution in [0.3, 0.4) is 0 Å². The van der Waals surface area contributed by atoms with Crippen LogP contribution in [0.5, 0.6) is 0 Å². The molecule has 0 bridgehead atoms. The number of ether oxygens (including phenoxy) is 2. The van der Waals surface area contributed by atoms with Crippen LogP contribution in [0, 0.1) is 0 Å². The number of nitrogens with one attached hydrogen (secondary N) is 2. The first-order valence-corrected chi connectivity index (χ1v) is 13.7. The Morgan fingerprint density at radius 2 is 1.88 bits per heavy atom. The summed E-state index contributed by atoms with van der Waals surface area (Å²) in [6.45, 7) is 8.30. The van der Waals surface area contributed by atoms with E-state index in [1.807, 2.05) is 6.92 Å². The van der Waals surface area contributed by atoms with E-state index in [9.17, 15) is 22.8 Å². The third kappa shape index (κ3) is 7.60. The van der Waals surface area contributed by atoms with Crippen LogP contribution < -0.4 is 10.6 Å². The summed E-state index contributed by atoms with van der Waals surface area (Å²) in [6, 6.07) is 10.0. The van der Waals surface area contributed by atoms with Crippen molar-refractivity contribution in [2.24, 2.45) is 0 Å². The molecule has 2 aromatic carbocycles. The molecule has 7 nitrogen and oxygen atoms in total. The summed E-state index contributed by atoms with van der Waals surface area (Å²) in [5, 5.41) is 6.45. The first-order chi connectivity index (χ1) is 18.8. The van der Waals surface area contributed by atoms with Crippen molar-refractivity contribution in [1.82, 2.24) is 15.6 Å². The van der Waals surface area contributed by atoms with Gasteiger partial charge in [-0.1, -0.05) is 30.3 Å². The second-order valence-electron chi connectivity index (χ2n) is 10.7. The van der Waals surface area contributed by atoms with Crippen LogP contribution >= 0.6 is 11.3 Å². The monoisotopic (exact) mass is 575 g/mol. The number of amides is 2. The topological polar surface area (TPSA) is 89.5 Å². The minimum Gasteiger partial charge on any atom is -0.444 e. The summed E-state index contributed by atoms with van der Waals surface area (Å²) < 4.78 is 51.1. The van der Waals surface area contributed by atoms with Crippen molar-refractivity contribution in [3.63, 3.8) is 0 Å². The van der Waals surface area contributed by atoms with Crippen molar-refractivity contribution in [2.75, 3.05) is 13.2 Å². The van der Waals surface area contributed by atoms with Gasteiger partial charge in [0, 0.05) is 19.1 Å². The quantitative estimate of drug-likeness (QED) is 0.322. The van der Waals surface area contributed by atoms with Crippen LogP contribution in [0.4, 0.5) is 18.0 Å². The Labute approximate surface area is 235 Å². The molecule has 1 fully saturated rings. The number of alkyl carbamates (subject to hydrolysis) is 1. The number of hydrogen-bond acceptors (Lipinski definition) is 6. The molecular weight excluding hydrogens is 543 g/mol. The van der Waals surface area contributed by atoms with Crippen LogP contribution in [0.25, 0.3) is 11.1 Å². The third-order valence-corrected chi connectivity index (χ3v) is 7.51. The zero-order valence-corrected chi connectivity index (χ0v) is 23.5. The molecule has 1 aliphatic heterocycles. The standard InChI is InChI=1S/C29H32F3N3O4S/c1-17(35-25(36)24-15-33-26(40-24)21-11-12-38-16-21)18-5-7-19(8-6-18)23-13-22(29(30,31)32)10-9-20(23)14-34-27(37)39-28(2,3)4/h5-10,13,15,17,21H,11-12,14,16H2,1-4H3,(H,34,37)(H,35,36)/t17-,21-/m1/s1. The second kappa shape index (κ2) is 12.0. The third-order valence-electron chi connectivity index (χ3n) is 6.35. The molecule has 4 rings (SSSR count). The zero-order chi connectivity index (χ0) is 29.1. The van der Waals surface area contributed by atoms with E-state index in [1.165, 1.54) is 17.4 Å². The van der Waals surface area contributed by atoms with Gasteiger partial charge in [0.15, 0.2) is 0 Å². The minimum absolute atomic E-state index is 0.0135. The summed E-state index contributed by atoms with van der Waals surface area (Å²) in [6.07, 6.45) is -2.72. The molecule has 0 spiro atoms. The molecule has 3 aromatic rings. The zero-order valence-electron chi connectivity index (χ0n) is 22.7. The maximum atomic E-state index is 13.5. The van der Waals surface area contributed by atoms with E-state index in [0.717, 1.165) is 29.1 Å². The maximum Gasteiger partial charge on any atom is 0.416 e. The van der Waals surface area contributed by atoms with E-state index in [0.29, 0.717) is 34.8 Å². The van der Waals surface area contributed by atoms with Gasteiger partial charge in [0.25, 0.3) is 5.91 Å². The summed E-state index contributed by atoms with van der Waals surface area (Å²) in [7, 11) is 0. The van der Waals surface area contributed by atoms with Gasteiger partial charge in [0.2, 0.25) is 0 Å². The van der Waals surface area contributed by atoms with Gasteiger partial charge in [0.1, 0.15) is 10.5 Å². The number of rotatable bonds is 7. The number of carbonyl (C=O) groups is 2. The number of nitrogens with zero attached hydrogens (tertiary/aromatic N) is 1. The van der Waals surface area contributed by atoms with Gasteiger partial charge in [0.05, 0.1) is 29.4 Å². The average Bonchev–Trinajstić information content (AvgIpc) is 3.58. The number of carbonyl (C=O) groups excluding carboxylic acids is 2. The lowest BCUT2D eigenvalue weighted by Crippen LogP contribution is -2.32. The Bertz CT molecular complexity index is 1340. The molecule has 1 saturated heterocycles. The Hall–Kier alpha value is -3.44. The van der Waals surface area contributed by atoms with Crippen molar-refractivity contribution in [1.29, 1.82) is 0 Å². The van der Waals surface area contributed by atoms with Crippen LogP contribution in [0.1, 0.15) is 77.4 Å². The molecule has 11 heteroatoms. The van der Waals surface area contributed by atoms with Gasteiger partial charge in [-0.2, -0.15) is 13.2 Å². The highest BCUT2D eigenvalue weighted by molar-refractivity contribution is 7.13. The van der Waals surface area contributed by atoms with Crippen molar-refractivity contribution in [3.8, 4) is 11.1 Å². The van der Waals surface area contributed by atoms with Crippen LogP contribution in [0.2, 0.25) is 0 Å². The fourth-order valence-corrected chi connectivity index (χ4v) is 5.21. The number of thiazole rings is 1. The minimum atomic E-state index is -4.52. The SMILES string of the molecule is C[C@@H](NC(=O)c1cnc([C@@H]2CCOC2)s1)c1ccc(-c2cc(C(F)(F)F)ccc2CNC(=O)OC(C)(C)C)cc1. The highest BCUT2D eigenvalue weighted by Gasteiger charge is 2.31. The van der Waals surface area contributed by atoms with Crippen LogP contribution in [-0.4, -0.2) is 35.8 Å². The molecule has 2 atom stereocenters. The second-order valence-corrected chi connectivity index (χ2v) is 11.7. The molecule has 2 amide bonds. The van der Waals surface area contributed by atoms with E-state index in [2.05, 4.69) is 15.6 Å². The van der Waals surface area contributed by atoms with Crippen molar-refractivity contribution in [2.45, 2.75) is 64.4 Å². The largest absolute Gasteiger partial charge is 0.444 e. The summed E-state index contributed by atoms with van der Waals surface area (Å²) in [5.74, 6) is -0.0239. The fourth-order valence-electron chi connectivity index (χ4n) is 4.27. The van der Waals surface area contributed by atoms with Gasteiger partial charge in [-0.3, -0.25) is 4.79 Å². The fraction of sp³-hybridized carbons (Fsp3) is 0.414. The van der Waals surface area contributed by atoms with E-state index < -0.39 is 23.4 Å². The number of benzene rings is 2. The van der Waals surface area contributed by atoms with Crippen molar-refractivity contribution >= 4 is 23.3 Å².